The fraction of sp³-hybridized carbons (Fsp3) is 0.625. The molecule has 100 valence electrons. The maximum atomic E-state index is 10.6. The van der Waals surface area contributed by atoms with Crippen LogP contribution in [0.3, 0.4) is 0 Å². The highest BCUT2D eigenvalue weighted by Gasteiger charge is 2.45. The molecule has 1 aromatic heterocycles. The summed E-state index contributed by atoms with van der Waals surface area (Å²) in [6.45, 7) is -0.469. The van der Waals surface area contributed by atoms with Crippen LogP contribution in [0.2, 0.25) is 0 Å². The van der Waals surface area contributed by atoms with E-state index in [1.54, 1.807) is 0 Å². The van der Waals surface area contributed by atoms with Crippen molar-refractivity contribution in [2.75, 3.05) is 6.61 Å². The van der Waals surface area contributed by atoms with Crippen LogP contribution in [0.4, 0.5) is 5.82 Å². The zero-order chi connectivity index (χ0) is 13.4. The van der Waals surface area contributed by atoms with Crippen molar-refractivity contribution in [1.82, 2.24) is 9.55 Å². The van der Waals surface area contributed by atoms with Gasteiger partial charge in [-0.05, 0) is 25.8 Å². The highest BCUT2D eigenvalue weighted by molar-refractivity contribution is 9.10. The van der Waals surface area contributed by atoms with Gasteiger partial charge in [-0.1, -0.05) is 0 Å². The zero-order valence-electron chi connectivity index (χ0n) is 8.88. The van der Waals surface area contributed by atoms with E-state index in [-0.39, 0.29) is 4.60 Å². The Morgan fingerprint density at radius 1 is 1.56 bits per heavy atom. The molecule has 0 aromatic carbocycles. The number of aliphatic hydroxyl groups is 3. The molecule has 0 bridgehead atoms. The van der Waals surface area contributed by atoms with E-state index in [9.17, 15) is 20.3 Å². The fourth-order valence-corrected chi connectivity index (χ4v) is 2.29. The smallest absolute Gasteiger partial charge is 0.394 e. The topological polar surface area (TPSA) is 131 Å². The van der Waals surface area contributed by atoms with E-state index in [1.165, 1.54) is 4.57 Å². The summed E-state index contributed by atoms with van der Waals surface area (Å²) in [5.41, 5.74) is 0. The number of aromatic nitrogens is 2. The summed E-state index contributed by atoms with van der Waals surface area (Å²) in [5.74, 6) is -0.423. The molecule has 1 saturated heterocycles. The molecule has 0 aliphatic carbocycles. The standard InChI is InChI=1S/C8H10BrN3O6/c9-6-7(12(16)17)10-2-11(6)8-5(15)4(14)3(1-13)18-8/h2-5,8,13-15H,1H2/t3-,4+,5-,8+/m0/s1. The fourth-order valence-electron chi connectivity index (χ4n) is 1.75. The number of nitrogens with zero attached hydrogens (tertiary/aromatic N) is 3. The van der Waals surface area contributed by atoms with Crippen molar-refractivity contribution >= 4 is 21.7 Å². The lowest BCUT2D eigenvalue weighted by atomic mass is 10.1. The first-order valence-corrected chi connectivity index (χ1v) is 5.75. The van der Waals surface area contributed by atoms with Gasteiger partial charge in [-0.25, -0.2) is 0 Å². The van der Waals surface area contributed by atoms with E-state index in [4.69, 9.17) is 9.84 Å². The molecule has 0 spiro atoms. The molecule has 0 amide bonds. The Morgan fingerprint density at radius 3 is 2.67 bits per heavy atom. The number of aliphatic hydroxyl groups excluding tert-OH is 3. The lowest BCUT2D eigenvalue weighted by Gasteiger charge is -2.15. The molecule has 10 heteroatoms. The molecule has 1 fully saturated rings. The van der Waals surface area contributed by atoms with Crippen LogP contribution in [-0.2, 0) is 4.74 Å². The molecule has 2 heterocycles. The molecular formula is C8H10BrN3O6. The van der Waals surface area contributed by atoms with Gasteiger partial charge in [0.25, 0.3) is 0 Å². The normalized spacial score (nSPS) is 31.8. The van der Waals surface area contributed by atoms with Crippen LogP contribution in [-0.4, -0.2) is 54.7 Å². The summed E-state index contributed by atoms with van der Waals surface area (Å²) < 4.78 is 6.41. The summed E-state index contributed by atoms with van der Waals surface area (Å²) in [7, 11) is 0. The summed E-state index contributed by atoms with van der Waals surface area (Å²) in [6.07, 6.45) is -3.46. The van der Waals surface area contributed by atoms with E-state index in [2.05, 4.69) is 20.9 Å². The lowest BCUT2D eigenvalue weighted by molar-refractivity contribution is -0.390. The van der Waals surface area contributed by atoms with E-state index >= 15 is 0 Å². The van der Waals surface area contributed by atoms with Crippen molar-refractivity contribution < 1.29 is 25.0 Å². The summed E-state index contributed by atoms with van der Waals surface area (Å²) in [5, 5.41) is 38.9. The molecular weight excluding hydrogens is 314 g/mol. The molecule has 2 rings (SSSR count). The van der Waals surface area contributed by atoms with Crippen molar-refractivity contribution in [3.63, 3.8) is 0 Å². The first kappa shape index (κ1) is 13.4. The second kappa shape index (κ2) is 4.90. The van der Waals surface area contributed by atoms with Gasteiger partial charge in [0.15, 0.2) is 10.8 Å². The Hall–Kier alpha value is -1.07. The van der Waals surface area contributed by atoms with Crippen LogP contribution < -0.4 is 0 Å². The van der Waals surface area contributed by atoms with Crippen LogP contribution in [0.25, 0.3) is 0 Å². The molecule has 1 aromatic rings. The van der Waals surface area contributed by atoms with Crippen molar-refractivity contribution in [3.8, 4) is 0 Å². The molecule has 18 heavy (non-hydrogen) atoms. The molecule has 0 unspecified atom stereocenters. The van der Waals surface area contributed by atoms with Crippen molar-refractivity contribution in [2.24, 2.45) is 0 Å². The number of rotatable bonds is 3. The average molecular weight is 324 g/mol. The van der Waals surface area contributed by atoms with Gasteiger partial charge in [-0.3, -0.25) is 4.57 Å². The Kier molecular flexibility index (Phi) is 3.64. The van der Waals surface area contributed by atoms with E-state index in [1.807, 2.05) is 0 Å². The minimum absolute atomic E-state index is 0.0161. The summed E-state index contributed by atoms with van der Waals surface area (Å²) in [6, 6.07) is 0. The largest absolute Gasteiger partial charge is 0.396 e. The second-order valence-electron chi connectivity index (χ2n) is 3.75. The Labute approximate surface area is 109 Å². The van der Waals surface area contributed by atoms with E-state index < -0.39 is 41.9 Å². The van der Waals surface area contributed by atoms with Gasteiger partial charge in [-0.15, -0.1) is 0 Å². The SMILES string of the molecule is O=[N+]([O-])c1ncn([C@@H]2O[C@@H](CO)[C@@H](O)[C@@H]2O)c1Br. The number of hydrogen-bond donors (Lipinski definition) is 3. The Bertz CT molecular complexity index is 466. The third-order valence-electron chi connectivity index (χ3n) is 2.68. The second-order valence-corrected chi connectivity index (χ2v) is 4.50. The summed E-state index contributed by atoms with van der Waals surface area (Å²) in [4.78, 5) is 13.5. The van der Waals surface area contributed by atoms with Gasteiger partial charge < -0.3 is 30.2 Å². The van der Waals surface area contributed by atoms with E-state index in [0.29, 0.717) is 0 Å². The number of halogens is 1. The zero-order valence-corrected chi connectivity index (χ0v) is 10.5. The van der Waals surface area contributed by atoms with Gasteiger partial charge in [0, 0.05) is 0 Å². The van der Waals surface area contributed by atoms with Gasteiger partial charge in [0.05, 0.1) is 6.61 Å². The molecule has 3 N–H and O–H groups in total. The van der Waals surface area contributed by atoms with Crippen molar-refractivity contribution in [3.05, 3.63) is 21.0 Å². The molecule has 1 aliphatic heterocycles. The van der Waals surface area contributed by atoms with Crippen LogP contribution >= 0.6 is 15.9 Å². The molecule has 4 atom stereocenters. The number of nitro groups is 1. The monoisotopic (exact) mass is 323 g/mol. The maximum Gasteiger partial charge on any atom is 0.396 e. The predicted molar refractivity (Wildman–Crippen MR) is 59.6 cm³/mol. The van der Waals surface area contributed by atoms with Crippen molar-refractivity contribution in [1.29, 1.82) is 0 Å². The highest BCUT2D eigenvalue weighted by Crippen LogP contribution is 2.34. The average Bonchev–Trinajstić information content (AvgIpc) is 2.82. The van der Waals surface area contributed by atoms with Crippen LogP contribution in [0.15, 0.2) is 10.9 Å². The third kappa shape index (κ3) is 2.01. The number of imidazole rings is 1. The van der Waals surface area contributed by atoms with Crippen LogP contribution in [0.1, 0.15) is 6.23 Å². The molecule has 1 aliphatic rings. The minimum Gasteiger partial charge on any atom is -0.394 e. The van der Waals surface area contributed by atoms with Gasteiger partial charge in [0.2, 0.25) is 6.33 Å². The summed E-state index contributed by atoms with van der Waals surface area (Å²) >= 11 is 2.97. The Morgan fingerprint density at radius 2 is 2.22 bits per heavy atom. The molecule has 0 radical (unpaired) electrons. The minimum atomic E-state index is -1.31. The first-order chi connectivity index (χ1) is 8.47. The van der Waals surface area contributed by atoms with Crippen LogP contribution in [0, 0.1) is 10.1 Å². The molecule has 0 saturated carbocycles. The predicted octanol–water partition coefficient (Wildman–Crippen LogP) is -0.835. The van der Waals surface area contributed by atoms with Crippen molar-refractivity contribution in [2.45, 2.75) is 24.5 Å². The number of ether oxygens (including phenoxy) is 1. The quantitative estimate of drug-likeness (QED) is 0.488. The van der Waals surface area contributed by atoms with Crippen LogP contribution in [0.5, 0.6) is 0 Å². The Balaban J connectivity index is 2.30. The lowest BCUT2D eigenvalue weighted by Crippen LogP contribution is -2.33. The first-order valence-electron chi connectivity index (χ1n) is 4.96. The third-order valence-corrected chi connectivity index (χ3v) is 3.44. The maximum absolute atomic E-state index is 10.6. The molecule has 9 nitrogen and oxygen atoms in total. The van der Waals surface area contributed by atoms with Gasteiger partial charge >= 0.3 is 5.82 Å². The number of hydrogen-bond acceptors (Lipinski definition) is 7. The van der Waals surface area contributed by atoms with Gasteiger partial charge in [0.1, 0.15) is 18.3 Å². The van der Waals surface area contributed by atoms with E-state index in [0.717, 1.165) is 6.33 Å². The van der Waals surface area contributed by atoms with Gasteiger partial charge in [-0.2, -0.15) is 0 Å². The highest BCUT2D eigenvalue weighted by atomic mass is 79.9.